The monoisotopic (exact) mass is 304 g/mol. The summed E-state index contributed by atoms with van der Waals surface area (Å²) in [6.07, 6.45) is -11.3. The summed E-state index contributed by atoms with van der Waals surface area (Å²) in [5.41, 5.74) is -6.63. The van der Waals surface area contributed by atoms with E-state index in [1.807, 2.05) is 0 Å². The molecule has 0 spiro atoms. The lowest BCUT2D eigenvalue weighted by Crippen LogP contribution is -2.20. The molecule has 0 atom stereocenters. The molecule has 1 rings (SSSR count). The predicted molar refractivity (Wildman–Crippen MR) is 52.0 cm³/mol. The average molecular weight is 305 g/mol. The molecule has 0 unspecified atom stereocenters. The third kappa shape index (κ3) is 3.06. The SMILES string of the molecule is O=Cc1c(C(=O)Cl)ccc(C(F)(F)F)c1C(F)(F)F. The van der Waals surface area contributed by atoms with E-state index in [1.165, 1.54) is 0 Å². The van der Waals surface area contributed by atoms with Crippen LogP contribution in [0, 0.1) is 0 Å². The van der Waals surface area contributed by atoms with E-state index in [0.717, 1.165) is 0 Å². The van der Waals surface area contributed by atoms with Crippen LogP contribution in [0.2, 0.25) is 0 Å². The summed E-state index contributed by atoms with van der Waals surface area (Å²) in [5.74, 6) is 0. The van der Waals surface area contributed by atoms with Gasteiger partial charge in [0.1, 0.15) is 0 Å². The van der Waals surface area contributed by atoms with Gasteiger partial charge in [0.05, 0.1) is 11.1 Å². The fourth-order valence-corrected chi connectivity index (χ4v) is 1.62. The van der Waals surface area contributed by atoms with Crippen LogP contribution < -0.4 is 0 Å². The number of hydrogen-bond donors (Lipinski definition) is 0. The van der Waals surface area contributed by atoms with Gasteiger partial charge in [0.25, 0.3) is 5.24 Å². The van der Waals surface area contributed by atoms with Crippen molar-refractivity contribution in [1.29, 1.82) is 0 Å². The summed E-state index contributed by atoms with van der Waals surface area (Å²) >= 11 is 4.93. The molecule has 0 radical (unpaired) electrons. The van der Waals surface area contributed by atoms with Crippen LogP contribution >= 0.6 is 11.6 Å². The Morgan fingerprint density at radius 3 is 1.89 bits per heavy atom. The number of aldehydes is 1. The number of alkyl halides is 6. The van der Waals surface area contributed by atoms with E-state index in [1.54, 1.807) is 0 Å². The quantitative estimate of drug-likeness (QED) is 0.471. The molecular formula is C10H3ClF6O2. The zero-order chi connectivity index (χ0) is 15.0. The van der Waals surface area contributed by atoms with E-state index in [2.05, 4.69) is 0 Å². The van der Waals surface area contributed by atoms with Gasteiger partial charge in [-0.05, 0) is 23.7 Å². The molecule has 9 heteroatoms. The van der Waals surface area contributed by atoms with Gasteiger partial charge in [-0.1, -0.05) is 0 Å². The summed E-state index contributed by atoms with van der Waals surface area (Å²) < 4.78 is 75.5. The van der Waals surface area contributed by atoms with Crippen molar-refractivity contribution in [2.45, 2.75) is 12.4 Å². The zero-order valence-electron chi connectivity index (χ0n) is 8.69. The van der Waals surface area contributed by atoms with Crippen LogP contribution in [0.5, 0.6) is 0 Å². The van der Waals surface area contributed by atoms with Gasteiger partial charge in [0.2, 0.25) is 0 Å². The van der Waals surface area contributed by atoms with Crippen LogP contribution in [0.4, 0.5) is 26.3 Å². The number of hydrogen-bond acceptors (Lipinski definition) is 2. The molecule has 0 aliphatic carbocycles. The van der Waals surface area contributed by atoms with Crippen molar-refractivity contribution < 1.29 is 35.9 Å². The zero-order valence-corrected chi connectivity index (χ0v) is 9.45. The van der Waals surface area contributed by atoms with Crippen LogP contribution in [0.1, 0.15) is 31.8 Å². The fraction of sp³-hybridized carbons (Fsp3) is 0.200. The molecule has 1 aromatic rings. The minimum Gasteiger partial charge on any atom is -0.298 e. The summed E-state index contributed by atoms with van der Waals surface area (Å²) in [5, 5.41) is -1.46. The van der Waals surface area contributed by atoms with Crippen LogP contribution in [-0.4, -0.2) is 11.5 Å². The van der Waals surface area contributed by atoms with Gasteiger partial charge in [-0.3, -0.25) is 9.59 Å². The van der Waals surface area contributed by atoms with Crippen LogP contribution in [0.15, 0.2) is 12.1 Å². The van der Waals surface area contributed by atoms with Gasteiger partial charge >= 0.3 is 12.4 Å². The number of carbonyl (C=O) groups is 2. The Morgan fingerprint density at radius 2 is 1.58 bits per heavy atom. The standard InChI is InChI=1S/C10H3ClF6O2/c11-8(19)4-1-2-6(9(12,13)14)7(5(4)3-18)10(15,16)17/h1-3H. The van der Waals surface area contributed by atoms with E-state index < -0.39 is 46.1 Å². The lowest BCUT2D eigenvalue weighted by Gasteiger charge is -2.18. The largest absolute Gasteiger partial charge is 0.417 e. The van der Waals surface area contributed by atoms with E-state index >= 15 is 0 Å². The second-order valence-corrected chi connectivity index (χ2v) is 3.68. The third-order valence-electron chi connectivity index (χ3n) is 2.16. The molecule has 1 aromatic carbocycles. The Hall–Kier alpha value is -1.57. The topological polar surface area (TPSA) is 34.1 Å². The first kappa shape index (κ1) is 15.5. The number of halogens is 7. The first-order valence-electron chi connectivity index (χ1n) is 4.46. The smallest absolute Gasteiger partial charge is 0.298 e. The highest BCUT2D eigenvalue weighted by atomic mass is 35.5. The van der Waals surface area contributed by atoms with Crippen molar-refractivity contribution in [2.75, 3.05) is 0 Å². The second kappa shape index (κ2) is 4.84. The molecule has 0 heterocycles. The normalized spacial score (nSPS) is 12.4. The van der Waals surface area contributed by atoms with Crippen LogP contribution in [-0.2, 0) is 12.4 Å². The molecule has 0 amide bonds. The first-order valence-corrected chi connectivity index (χ1v) is 4.84. The summed E-state index contributed by atoms with van der Waals surface area (Å²) in [4.78, 5) is 21.4. The molecular weight excluding hydrogens is 302 g/mol. The molecule has 0 aliphatic rings. The Labute approximate surface area is 107 Å². The molecule has 0 bridgehead atoms. The highest BCUT2D eigenvalue weighted by Gasteiger charge is 2.45. The van der Waals surface area contributed by atoms with Crippen molar-refractivity contribution in [3.8, 4) is 0 Å². The maximum absolute atomic E-state index is 12.7. The van der Waals surface area contributed by atoms with E-state index in [0.29, 0.717) is 6.07 Å². The van der Waals surface area contributed by atoms with Gasteiger partial charge < -0.3 is 0 Å². The first-order chi connectivity index (χ1) is 8.50. The van der Waals surface area contributed by atoms with Crippen molar-refractivity contribution in [2.24, 2.45) is 0 Å². The van der Waals surface area contributed by atoms with Gasteiger partial charge in [-0.15, -0.1) is 0 Å². The van der Waals surface area contributed by atoms with Crippen molar-refractivity contribution in [1.82, 2.24) is 0 Å². The van der Waals surface area contributed by atoms with E-state index in [9.17, 15) is 35.9 Å². The summed E-state index contributed by atoms with van der Waals surface area (Å²) in [7, 11) is 0. The minimum atomic E-state index is -5.45. The Morgan fingerprint density at radius 1 is 1.05 bits per heavy atom. The number of carbonyl (C=O) groups excluding carboxylic acids is 2. The molecule has 2 nitrogen and oxygen atoms in total. The lowest BCUT2D eigenvalue weighted by atomic mass is 9.96. The molecule has 0 aliphatic heterocycles. The van der Waals surface area contributed by atoms with E-state index in [-0.39, 0.29) is 6.07 Å². The van der Waals surface area contributed by atoms with E-state index in [4.69, 9.17) is 11.6 Å². The molecule has 0 N–H and O–H groups in total. The van der Waals surface area contributed by atoms with Crippen molar-refractivity contribution in [3.63, 3.8) is 0 Å². The summed E-state index contributed by atoms with van der Waals surface area (Å²) in [6.45, 7) is 0. The summed E-state index contributed by atoms with van der Waals surface area (Å²) in [6, 6.07) is 0.489. The number of rotatable bonds is 2. The van der Waals surface area contributed by atoms with Gasteiger partial charge in [0, 0.05) is 11.1 Å². The molecule has 19 heavy (non-hydrogen) atoms. The highest BCUT2D eigenvalue weighted by Crippen LogP contribution is 2.42. The maximum atomic E-state index is 12.7. The third-order valence-corrected chi connectivity index (χ3v) is 2.37. The Kier molecular flexibility index (Phi) is 3.94. The molecule has 0 saturated carbocycles. The second-order valence-electron chi connectivity index (χ2n) is 3.34. The van der Waals surface area contributed by atoms with Gasteiger partial charge in [0.15, 0.2) is 6.29 Å². The fourth-order valence-electron chi connectivity index (χ4n) is 1.45. The number of benzene rings is 1. The minimum absolute atomic E-state index is 0.0609. The molecule has 0 aromatic heterocycles. The highest BCUT2D eigenvalue weighted by molar-refractivity contribution is 6.68. The van der Waals surface area contributed by atoms with Gasteiger partial charge in [-0.25, -0.2) is 0 Å². The molecule has 0 fully saturated rings. The van der Waals surface area contributed by atoms with Crippen molar-refractivity contribution >= 4 is 23.1 Å². The maximum Gasteiger partial charge on any atom is 0.417 e. The Balaban J connectivity index is 3.82. The lowest BCUT2D eigenvalue weighted by molar-refractivity contribution is -0.162. The van der Waals surface area contributed by atoms with Crippen LogP contribution in [0.3, 0.4) is 0 Å². The van der Waals surface area contributed by atoms with Crippen LogP contribution in [0.25, 0.3) is 0 Å². The molecule has 104 valence electrons. The van der Waals surface area contributed by atoms with Gasteiger partial charge in [-0.2, -0.15) is 26.3 Å². The predicted octanol–water partition coefficient (Wildman–Crippen LogP) is 3.92. The van der Waals surface area contributed by atoms with Crippen molar-refractivity contribution in [3.05, 3.63) is 34.4 Å². The Bertz CT molecular complexity index is 532. The average Bonchev–Trinajstić information content (AvgIpc) is 2.24. The molecule has 0 saturated heterocycles.